The first-order valence-corrected chi connectivity index (χ1v) is 8.45. The molecule has 1 saturated heterocycles. The molecule has 24 heavy (non-hydrogen) atoms. The number of hydrogen-bond acceptors (Lipinski definition) is 5. The summed E-state index contributed by atoms with van der Waals surface area (Å²) in [5.74, 6) is 2.59. The van der Waals surface area contributed by atoms with Crippen LogP contribution in [0.2, 0.25) is 0 Å². The SMILES string of the molecule is O=C(c1coc(C2CC2)n1)N1CCC[C@@H]1c1ccc2c(c1)OCO2. The van der Waals surface area contributed by atoms with Crippen LogP contribution in [0.3, 0.4) is 0 Å². The summed E-state index contributed by atoms with van der Waals surface area (Å²) >= 11 is 0. The molecule has 0 N–H and O–H groups in total. The molecular weight excluding hydrogens is 308 g/mol. The average molecular weight is 326 g/mol. The smallest absolute Gasteiger partial charge is 0.276 e. The van der Waals surface area contributed by atoms with Crippen LogP contribution in [0.4, 0.5) is 0 Å². The van der Waals surface area contributed by atoms with E-state index in [-0.39, 0.29) is 18.7 Å². The Morgan fingerprint density at radius 3 is 2.92 bits per heavy atom. The van der Waals surface area contributed by atoms with Crippen LogP contribution in [0.15, 0.2) is 28.9 Å². The number of hydrogen-bond donors (Lipinski definition) is 0. The highest BCUT2D eigenvalue weighted by molar-refractivity contribution is 5.92. The van der Waals surface area contributed by atoms with Gasteiger partial charge >= 0.3 is 0 Å². The predicted octanol–water partition coefficient (Wildman–Crippen LogP) is 3.26. The molecule has 3 aliphatic rings. The molecule has 1 aliphatic carbocycles. The van der Waals surface area contributed by atoms with Crippen molar-refractivity contribution in [2.75, 3.05) is 13.3 Å². The number of likely N-dealkylation sites (tertiary alicyclic amines) is 1. The van der Waals surface area contributed by atoms with E-state index in [0.717, 1.165) is 49.3 Å². The molecule has 1 saturated carbocycles. The van der Waals surface area contributed by atoms with E-state index in [2.05, 4.69) is 4.98 Å². The van der Waals surface area contributed by atoms with Gasteiger partial charge in [0.25, 0.3) is 5.91 Å². The second-order valence-electron chi connectivity index (χ2n) is 6.61. The summed E-state index contributed by atoms with van der Waals surface area (Å²) in [6.45, 7) is 0.999. The summed E-state index contributed by atoms with van der Waals surface area (Å²) in [7, 11) is 0. The van der Waals surface area contributed by atoms with Crippen molar-refractivity contribution in [1.29, 1.82) is 0 Å². The molecule has 0 radical (unpaired) electrons. The van der Waals surface area contributed by atoms with Crippen LogP contribution in [0.1, 0.15) is 59.6 Å². The lowest BCUT2D eigenvalue weighted by Gasteiger charge is -2.24. The van der Waals surface area contributed by atoms with E-state index in [1.807, 2.05) is 23.1 Å². The molecule has 6 nitrogen and oxygen atoms in total. The lowest BCUT2D eigenvalue weighted by molar-refractivity contribution is 0.0729. The first-order chi connectivity index (χ1) is 11.8. The Balaban J connectivity index is 1.40. The molecule has 2 aliphatic heterocycles. The number of benzene rings is 1. The van der Waals surface area contributed by atoms with Gasteiger partial charge in [0.1, 0.15) is 6.26 Å². The Morgan fingerprint density at radius 1 is 1.17 bits per heavy atom. The molecule has 124 valence electrons. The summed E-state index contributed by atoms with van der Waals surface area (Å²) in [4.78, 5) is 19.2. The van der Waals surface area contributed by atoms with E-state index in [0.29, 0.717) is 17.5 Å². The van der Waals surface area contributed by atoms with Gasteiger partial charge in [0.15, 0.2) is 23.1 Å². The zero-order valence-electron chi connectivity index (χ0n) is 13.2. The molecule has 1 atom stereocenters. The third kappa shape index (κ3) is 2.25. The van der Waals surface area contributed by atoms with Crippen molar-refractivity contribution in [3.05, 3.63) is 41.6 Å². The lowest BCUT2D eigenvalue weighted by Crippen LogP contribution is -2.30. The Hall–Kier alpha value is -2.50. The maximum atomic E-state index is 12.9. The van der Waals surface area contributed by atoms with Crippen LogP contribution in [0, 0.1) is 0 Å². The lowest BCUT2D eigenvalue weighted by atomic mass is 10.0. The van der Waals surface area contributed by atoms with Crippen LogP contribution < -0.4 is 9.47 Å². The van der Waals surface area contributed by atoms with Crippen molar-refractivity contribution in [1.82, 2.24) is 9.88 Å². The highest BCUT2D eigenvalue weighted by Crippen LogP contribution is 2.41. The summed E-state index contributed by atoms with van der Waals surface area (Å²) in [5.41, 5.74) is 1.50. The number of oxazole rings is 1. The second-order valence-corrected chi connectivity index (χ2v) is 6.61. The molecule has 2 fully saturated rings. The summed E-state index contributed by atoms with van der Waals surface area (Å²) in [6.07, 6.45) is 5.65. The molecular formula is C18H18N2O4. The van der Waals surface area contributed by atoms with E-state index in [9.17, 15) is 4.79 Å². The molecule has 1 aromatic carbocycles. The van der Waals surface area contributed by atoms with Gasteiger partial charge in [-0.15, -0.1) is 0 Å². The van der Waals surface area contributed by atoms with Gasteiger partial charge in [0.05, 0.1) is 6.04 Å². The molecule has 3 heterocycles. The maximum Gasteiger partial charge on any atom is 0.276 e. The number of carbonyl (C=O) groups excluding carboxylic acids is 1. The Morgan fingerprint density at radius 2 is 2.04 bits per heavy atom. The van der Waals surface area contributed by atoms with Crippen molar-refractivity contribution in [3.63, 3.8) is 0 Å². The minimum Gasteiger partial charge on any atom is -0.454 e. The van der Waals surface area contributed by atoms with Crippen LogP contribution in [0.5, 0.6) is 11.5 Å². The van der Waals surface area contributed by atoms with Crippen molar-refractivity contribution in [2.45, 2.75) is 37.6 Å². The van der Waals surface area contributed by atoms with Gasteiger partial charge in [0.2, 0.25) is 6.79 Å². The fourth-order valence-corrected chi connectivity index (χ4v) is 3.53. The average Bonchev–Trinajstić information content (AvgIpc) is 3.07. The van der Waals surface area contributed by atoms with Gasteiger partial charge < -0.3 is 18.8 Å². The van der Waals surface area contributed by atoms with Crippen molar-refractivity contribution >= 4 is 5.91 Å². The Kier molecular flexibility index (Phi) is 3.04. The molecule has 2 aromatic rings. The monoisotopic (exact) mass is 326 g/mol. The number of carbonyl (C=O) groups is 1. The minimum absolute atomic E-state index is 0.0491. The van der Waals surface area contributed by atoms with Crippen molar-refractivity contribution < 1.29 is 18.7 Å². The highest BCUT2D eigenvalue weighted by Gasteiger charge is 2.34. The van der Waals surface area contributed by atoms with Gasteiger partial charge in [0, 0.05) is 12.5 Å². The third-order valence-corrected chi connectivity index (χ3v) is 4.96. The Bertz CT molecular complexity index is 796. The number of aromatic nitrogens is 1. The van der Waals surface area contributed by atoms with E-state index in [1.165, 1.54) is 6.26 Å². The van der Waals surface area contributed by atoms with Crippen LogP contribution >= 0.6 is 0 Å². The van der Waals surface area contributed by atoms with Gasteiger partial charge in [-0.1, -0.05) is 6.07 Å². The van der Waals surface area contributed by atoms with Gasteiger partial charge in [-0.05, 0) is 43.4 Å². The normalized spacial score (nSPS) is 22.2. The number of amides is 1. The maximum absolute atomic E-state index is 12.9. The van der Waals surface area contributed by atoms with E-state index in [4.69, 9.17) is 13.9 Å². The molecule has 6 heteroatoms. The highest BCUT2D eigenvalue weighted by atomic mass is 16.7. The van der Waals surface area contributed by atoms with Crippen LogP contribution in [-0.2, 0) is 0 Å². The number of nitrogens with zero attached hydrogens (tertiary/aromatic N) is 2. The molecule has 5 rings (SSSR count). The van der Waals surface area contributed by atoms with Crippen molar-refractivity contribution in [3.8, 4) is 11.5 Å². The number of ether oxygens (including phenoxy) is 2. The fraction of sp³-hybridized carbons (Fsp3) is 0.444. The molecule has 1 aromatic heterocycles. The summed E-state index contributed by atoms with van der Waals surface area (Å²) in [6, 6.07) is 5.96. The number of fused-ring (bicyclic) bond motifs is 1. The largest absolute Gasteiger partial charge is 0.454 e. The zero-order chi connectivity index (χ0) is 16.1. The summed E-state index contributed by atoms with van der Waals surface area (Å²) < 4.78 is 16.3. The molecule has 0 bridgehead atoms. The molecule has 0 unspecified atom stereocenters. The minimum atomic E-state index is -0.0502. The first kappa shape index (κ1) is 13.9. The molecule has 0 spiro atoms. The van der Waals surface area contributed by atoms with Gasteiger partial charge in [-0.3, -0.25) is 4.79 Å². The number of rotatable bonds is 3. The van der Waals surface area contributed by atoms with Gasteiger partial charge in [-0.25, -0.2) is 4.98 Å². The topological polar surface area (TPSA) is 64.8 Å². The van der Waals surface area contributed by atoms with E-state index < -0.39 is 0 Å². The molecule has 1 amide bonds. The van der Waals surface area contributed by atoms with Gasteiger partial charge in [-0.2, -0.15) is 0 Å². The van der Waals surface area contributed by atoms with Crippen molar-refractivity contribution in [2.24, 2.45) is 0 Å². The van der Waals surface area contributed by atoms with E-state index in [1.54, 1.807) is 0 Å². The quantitative estimate of drug-likeness (QED) is 0.866. The first-order valence-electron chi connectivity index (χ1n) is 8.45. The summed E-state index contributed by atoms with van der Waals surface area (Å²) in [5, 5.41) is 0. The van der Waals surface area contributed by atoms with Crippen LogP contribution in [0.25, 0.3) is 0 Å². The standard InChI is InChI=1S/C18H18N2O4/c21-18(13-9-22-17(19-13)11-3-4-11)20-7-1-2-14(20)12-5-6-15-16(8-12)24-10-23-15/h5-6,8-9,11,14H,1-4,7,10H2/t14-/m1/s1. The Labute approximate surface area is 139 Å². The fourth-order valence-electron chi connectivity index (χ4n) is 3.53. The van der Waals surface area contributed by atoms with Crippen LogP contribution in [-0.4, -0.2) is 29.1 Å². The second kappa shape index (κ2) is 5.26. The predicted molar refractivity (Wildman–Crippen MR) is 84.1 cm³/mol. The zero-order valence-corrected chi connectivity index (χ0v) is 13.2. The third-order valence-electron chi connectivity index (χ3n) is 4.96. The van der Waals surface area contributed by atoms with E-state index >= 15 is 0 Å².